The van der Waals surface area contributed by atoms with Gasteiger partial charge in [0.15, 0.2) is 5.78 Å². The Hall–Kier alpha value is -1.19. The minimum atomic E-state index is -0.351. The summed E-state index contributed by atoms with van der Waals surface area (Å²) in [5, 5.41) is 7.59. The summed E-state index contributed by atoms with van der Waals surface area (Å²) in [4.78, 5) is 11.4. The van der Waals surface area contributed by atoms with E-state index >= 15 is 0 Å². The van der Waals surface area contributed by atoms with Crippen LogP contribution in [0.5, 0.6) is 0 Å². The normalized spacial score (nSPS) is 20.1. The van der Waals surface area contributed by atoms with E-state index in [9.17, 15) is 4.79 Å². The number of hydrogen-bond donors (Lipinski definition) is 0. The van der Waals surface area contributed by atoms with Crippen LogP contribution >= 0.6 is 0 Å². The molecule has 0 radical (unpaired) electrons. The second-order valence-electron chi connectivity index (χ2n) is 3.29. The van der Waals surface area contributed by atoms with Crippen LogP contribution in [0.3, 0.4) is 0 Å². The van der Waals surface area contributed by atoms with E-state index in [0.29, 0.717) is 0 Å². The number of nitrogens with zero attached hydrogens (tertiary/aromatic N) is 3. The van der Waals surface area contributed by atoms with Crippen LogP contribution in [-0.4, -0.2) is 20.8 Å². The van der Waals surface area contributed by atoms with Crippen LogP contribution in [-0.2, 0) is 10.3 Å². The number of ketones is 1. The van der Waals surface area contributed by atoms with Crippen molar-refractivity contribution in [3.8, 4) is 0 Å². The van der Waals surface area contributed by atoms with Crippen LogP contribution in [0.4, 0.5) is 0 Å². The van der Waals surface area contributed by atoms with Gasteiger partial charge in [-0.15, -0.1) is 5.10 Å². The van der Waals surface area contributed by atoms with Crippen molar-refractivity contribution in [2.75, 3.05) is 0 Å². The van der Waals surface area contributed by atoms with Crippen LogP contribution in [0.15, 0.2) is 12.4 Å². The van der Waals surface area contributed by atoms with Crippen molar-refractivity contribution in [2.45, 2.75) is 31.7 Å². The molecule has 0 spiro atoms. The van der Waals surface area contributed by atoms with Crippen LogP contribution < -0.4 is 0 Å². The smallest absolute Gasteiger partial charge is 0.157 e. The van der Waals surface area contributed by atoms with Gasteiger partial charge in [0.05, 0.1) is 6.20 Å². The Morgan fingerprint density at radius 3 is 2.67 bits per heavy atom. The molecule has 64 valence electrons. The summed E-state index contributed by atoms with van der Waals surface area (Å²) in [7, 11) is 0. The summed E-state index contributed by atoms with van der Waals surface area (Å²) in [5.41, 5.74) is -0.351. The average Bonchev–Trinajstić information content (AvgIpc) is 2.35. The first kappa shape index (κ1) is 7.46. The van der Waals surface area contributed by atoms with Gasteiger partial charge in [0.2, 0.25) is 0 Å². The average molecular weight is 165 g/mol. The molecular formula is C8H11N3O. The van der Waals surface area contributed by atoms with E-state index in [-0.39, 0.29) is 11.3 Å². The largest absolute Gasteiger partial charge is 0.297 e. The van der Waals surface area contributed by atoms with E-state index in [4.69, 9.17) is 0 Å². The molecule has 0 atom stereocenters. The lowest BCUT2D eigenvalue weighted by atomic mass is 9.74. The summed E-state index contributed by atoms with van der Waals surface area (Å²) in [6, 6.07) is 0. The molecule has 1 aliphatic rings. The molecule has 1 heterocycles. The van der Waals surface area contributed by atoms with Crippen LogP contribution in [0.2, 0.25) is 0 Å². The van der Waals surface area contributed by atoms with E-state index in [1.165, 1.54) is 0 Å². The highest BCUT2D eigenvalue weighted by molar-refractivity contribution is 5.84. The predicted octanol–water partition coefficient (Wildman–Crippen LogP) is 0.746. The molecule has 2 rings (SSSR count). The van der Waals surface area contributed by atoms with Crippen LogP contribution in [0.25, 0.3) is 0 Å². The van der Waals surface area contributed by atoms with Gasteiger partial charge in [0.25, 0.3) is 0 Å². The molecular weight excluding hydrogens is 154 g/mol. The standard InChI is InChI=1S/C8H11N3O/c1-7(12)8(3-2-4-8)11-6-5-9-10-11/h5-6H,2-4H2,1H3. The highest BCUT2D eigenvalue weighted by Gasteiger charge is 2.44. The van der Waals surface area contributed by atoms with Gasteiger partial charge in [-0.3, -0.25) is 4.79 Å². The fourth-order valence-corrected chi connectivity index (χ4v) is 1.69. The second-order valence-corrected chi connectivity index (χ2v) is 3.29. The Morgan fingerprint density at radius 1 is 1.58 bits per heavy atom. The predicted molar refractivity (Wildman–Crippen MR) is 42.5 cm³/mol. The molecule has 1 aromatic rings. The third-order valence-corrected chi connectivity index (χ3v) is 2.70. The molecule has 0 bridgehead atoms. The Labute approximate surface area is 70.6 Å². The van der Waals surface area contributed by atoms with Crippen molar-refractivity contribution in [2.24, 2.45) is 0 Å². The van der Waals surface area contributed by atoms with Crippen molar-refractivity contribution in [1.82, 2.24) is 15.0 Å². The SMILES string of the molecule is CC(=O)C1(n2ccnn2)CCC1. The quantitative estimate of drug-likeness (QED) is 0.649. The summed E-state index contributed by atoms with van der Waals surface area (Å²) in [6.07, 6.45) is 6.31. The van der Waals surface area contributed by atoms with Crippen molar-refractivity contribution in [1.29, 1.82) is 0 Å². The third-order valence-electron chi connectivity index (χ3n) is 2.70. The first-order valence-electron chi connectivity index (χ1n) is 4.13. The summed E-state index contributed by atoms with van der Waals surface area (Å²) in [5.74, 6) is 0.194. The summed E-state index contributed by atoms with van der Waals surface area (Å²) in [6.45, 7) is 1.63. The second kappa shape index (κ2) is 2.40. The van der Waals surface area contributed by atoms with Gasteiger partial charge >= 0.3 is 0 Å². The molecule has 12 heavy (non-hydrogen) atoms. The zero-order valence-corrected chi connectivity index (χ0v) is 7.03. The van der Waals surface area contributed by atoms with Gasteiger partial charge in [-0.1, -0.05) is 5.21 Å². The van der Waals surface area contributed by atoms with Gasteiger partial charge < -0.3 is 0 Å². The highest BCUT2D eigenvalue weighted by atomic mass is 16.1. The number of Topliss-reactive ketones (excluding diaryl/α,β-unsaturated/α-hetero) is 1. The molecule has 1 saturated carbocycles. The zero-order valence-electron chi connectivity index (χ0n) is 7.03. The molecule has 4 heteroatoms. The third kappa shape index (κ3) is 0.807. The maximum atomic E-state index is 11.4. The lowest BCUT2D eigenvalue weighted by molar-refractivity contribution is -0.130. The van der Waals surface area contributed by atoms with E-state index < -0.39 is 0 Å². The molecule has 1 aliphatic carbocycles. The van der Waals surface area contributed by atoms with Crippen molar-refractivity contribution < 1.29 is 4.79 Å². The lowest BCUT2D eigenvalue weighted by Gasteiger charge is -2.38. The van der Waals surface area contributed by atoms with Crippen LogP contribution in [0, 0.1) is 0 Å². The highest BCUT2D eigenvalue weighted by Crippen LogP contribution is 2.38. The maximum Gasteiger partial charge on any atom is 0.157 e. The Kier molecular flexibility index (Phi) is 1.49. The number of rotatable bonds is 2. The van der Waals surface area contributed by atoms with E-state index in [1.807, 2.05) is 0 Å². The van der Waals surface area contributed by atoms with Gasteiger partial charge in [-0.25, -0.2) is 4.68 Å². The number of carbonyl (C=O) groups is 1. The van der Waals surface area contributed by atoms with E-state index in [1.54, 1.807) is 24.0 Å². The van der Waals surface area contributed by atoms with E-state index in [2.05, 4.69) is 10.3 Å². The molecule has 0 aliphatic heterocycles. The monoisotopic (exact) mass is 165 g/mol. The molecule has 0 aromatic carbocycles. The van der Waals surface area contributed by atoms with Gasteiger partial charge in [0.1, 0.15) is 5.54 Å². The molecule has 4 nitrogen and oxygen atoms in total. The number of hydrogen-bond acceptors (Lipinski definition) is 3. The number of aromatic nitrogens is 3. The maximum absolute atomic E-state index is 11.4. The first-order chi connectivity index (χ1) is 5.76. The van der Waals surface area contributed by atoms with Crippen molar-refractivity contribution in [3.63, 3.8) is 0 Å². The first-order valence-corrected chi connectivity index (χ1v) is 4.13. The summed E-state index contributed by atoms with van der Waals surface area (Å²) < 4.78 is 1.69. The molecule has 0 N–H and O–H groups in total. The fraction of sp³-hybridized carbons (Fsp3) is 0.625. The Morgan fingerprint density at radius 2 is 2.33 bits per heavy atom. The van der Waals surface area contributed by atoms with Gasteiger partial charge in [-0.2, -0.15) is 0 Å². The molecule has 0 unspecified atom stereocenters. The molecule has 1 fully saturated rings. The Balaban J connectivity index is 2.35. The van der Waals surface area contributed by atoms with Gasteiger partial charge in [-0.05, 0) is 26.2 Å². The molecule has 1 aromatic heterocycles. The Bertz CT molecular complexity index is 287. The van der Waals surface area contributed by atoms with Gasteiger partial charge in [0, 0.05) is 6.20 Å². The number of carbonyl (C=O) groups excluding carboxylic acids is 1. The van der Waals surface area contributed by atoms with E-state index in [0.717, 1.165) is 19.3 Å². The molecule has 0 saturated heterocycles. The minimum absolute atomic E-state index is 0.194. The zero-order chi connectivity index (χ0) is 8.60. The lowest BCUT2D eigenvalue weighted by Crippen LogP contribution is -2.47. The fourth-order valence-electron chi connectivity index (χ4n) is 1.69. The topological polar surface area (TPSA) is 47.8 Å². The van der Waals surface area contributed by atoms with Crippen LogP contribution in [0.1, 0.15) is 26.2 Å². The van der Waals surface area contributed by atoms with Crippen molar-refractivity contribution in [3.05, 3.63) is 12.4 Å². The minimum Gasteiger partial charge on any atom is -0.297 e. The summed E-state index contributed by atoms with van der Waals surface area (Å²) >= 11 is 0. The van der Waals surface area contributed by atoms with Crippen molar-refractivity contribution >= 4 is 5.78 Å². The molecule has 0 amide bonds.